The molecule has 4 rings (SSSR count). The van der Waals surface area contributed by atoms with Crippen molar-refractivity contribution < 1.29 is 14.3 Å². The van der Waals surface area contributed by atoms with Crippen LogP contribution >= 0.6 is 0 Å². The molecular weight excluding hydrogens is 377 g/mol. The Morgan fingerprint density at radius 3 is 3.07 bits per heavy atom. The number of benzene rings is 1. The van der Waals surface area contributed by atoms with Gasteiger partial charge in [-0.3, -0.25) is 14.3 Å². The van der Waals surface area contributed by atoms with Crippen LogP contribution in [0.1, 0.15) is 36.6 Å². The number of piperidine rings is 1. The number of amides is 1. The van der Waals surface area contributed by atoms with E-state index in [2.05, 4.69) is 15.1 Å². The Kier molecular flexibility index (Phi) is 5.04. The van der Waals surface area contributed by atoms with Crippen LogP contribution in [-0.4, -0.2) is 48.8 Å². The average molecular weight is 399 g/mol. The number of hydrogen-bond acceptors (Lipinski definition) is 5. The maximum Gasteiger partial charge on any atom is 0.262 e. The van der Waals surface area contributed by atoms with E-state index in [1.54, 1.807) is 24.1 Å². The summed E-state index contributed by atoms with van der Waals surface area (Å²) in [7, 11) is 1.71. The number of carbonyl (C=O) groups is 1. The number of H-pyrrole nitrogens is 1. The lowest BCUT2D eigenvalue weighted by Gasteiger charge is -2.33. The number of rotatable bonds is 4. The third kappa shape index (κ3) is 3.72. The molecule has 3 aromatic rings. The highest BCUT2D eigenvalue weighted by Crippen LogP contribution is 2.32. The number of fused-ring (bicyclic) bond motifs is 1. The number of phenolic OH excluding ortho intramolecular Hbond substituents is 1. The number of nitrogens with one attached hydrogen (secondary N) is 1. The molecule has 0 saturated carbocycles. The minimum absolute atomic E-state index is 0.0667. The number of aryl methyl sites for hydroxylation is 2. The Morgan fingerprint density at radius 2 is 2.24 bits per heavy atom. The van der Waals surface area contributed by atoms with Gasteiger partial charge in [0.05, 0.1) is 6.20 Å². The van der Waals surface area contributed by atoms with E-state index in [0.29, 0.717) is 41.9 Å². The third-order valence-corrected chi connectivity index (χ3v) is 5.45. The number of phenols is 1. The van der Waals surface area contributed by atoms with Crippen LogP contribution in [0.15, 0.2) is 29.2 Å². The molecule has 9 heteroatoms. The van der Waals surface area contributed by atoms with Crippen LogP contribution in [0.2, 0.25) is 0 Å². The molecule has 1 amide bonds. The standard InChI is InChI=1S/C20H22FN5O3/c1-25-19-14(10-22-25)20(29)24-16(23-19)7-8-17(28)26-9-3-4-12(11-26)13-5-2-6-15(27)18(13)21/h2,5-6,10,12,27H,3-4,7-9,11H2,1H3,(H,23,24,29). The fourth-order valence-electron chi connectivity index (χ4n) is 3.89. The van der Waals surface area contributed by atoms with Crippen molar-refractivity contribution in [1.82, 2.24) is 24.6 Å². The molecule has 1 saturated heterocycles. The van der Waals surface area contributed by atoms with E-state index in [0.717, 1.165) is 12.8 Å². The molecule has 0 aliphatic carbocycles. The Hall–Kier alpha value is -3.23. The molecule has 1 aromatic carbocycles. The first-order valence-electron chi connectivity index (χ1n) is 9.60. The molecule has 29 heavy (non-hydrogen) atoms. The predicted octanol–water partition coefficient (Wildman–Crippen LogP) is 1.84. The highest BCUT2D eigenvalue weighted by atomic mass is 19.1. The van der Waals surface area contributed by atoms with Crippen LogP contribution < -0.4 is 5.56 Å². The van der Waals surface area contributed by atoms with Gasteiger partial charge in [0.25, 0.3) is 5.56 Å². The lowest BCUT2D eigenvalue weighted by Crippen LogP contribution is -2.39. The molecule has 1 fully saturated rings. The van der Waals surface area contributed by atoms with Crippen LogP contribution in [0.4, 0.5) is 4.39 Å². The number of likely N-dealkylation sites (tertiary alicyclic amines) is 1. The fourth-order valence-corrected chi connectivity index (χ4v) is 3.89. The maximum absolute atomic E-state index is 14.3. The predicted molar refractivity (Wildman–Crippen MR) is 104 cm³/mol. The molecule has 8 nitrogen and oxygen atoms in total. The Labute approximate surface area is 166 Å². The first-order valence-corrected chi connectivity index (χ1v) is 9.60. The van der Waals surface area contributed by atoms with Crippen LogP contribution in [-0.2, 0) is 18.3 Å². The molecule has 0 bridgehead atoms. The van der Waals surface area contributed by atoms with Gasteiger partial charge >= 0.3 is 0 Å². The van der Waals surface area contributed by atoms with Gasteiger partial charge in [-0.1, -0.05) is 12.1 Å². The summed E-state index contributed by atoms with van der Waals surface area (Å²) in [6.07, 6.45) is 3.49. The minimum atomic E-state index is -0.613. The second kappa shape index (κ2) is 7.65. The van der Waals surface area contributed by atoms with Crippen molar-refractivity contribution in [2.75, 3.05) is 13.1 Å². The SMILES string of the molecule is Cn1ncc2c(=O)[nH]c(CCC(=O)N3CCCC(c4cccc(O)c4F)C3)nc21. The van der Waals surface area contributed by atoms with E-state index in [-0.39, 0.29) is 29.6 Å². The highest BCUT2D eigenvalue weighted by Gasteiger charge is 2.27. The van der Waals surface area contributed by atoms with Crippen molar-refractivity contribution in [3.05, 3.63) is 52.0 Å². The van der Waals surface area contributed by atoms with Gasteiger partial charge in [0.2, 0.25) is 5.91 Å². The highest BCUT2D eigenvalue weighted by molar-refractivity contribution is 5.77. The molecule has 152 valence electrons. The monoisotopic (exact) mass is 399 g/mol. The van der Waals surface area contributed by atoms with Crippen molar-refractivity contribution in [3.8, 4) is 5.75 Å². The summed E-state index contributed by atoms with van der Waals surface area (Å²) in [5.41, 5.74) is 0.645. The zero-order chi connectivity index (χ0) is 20.5. The van der Waals surface area contributed by atoms with Gasteiger partial charge < -0.3 is 15.0 Å². The molecule has 0 spiro atoms. The number of halogens is 1. The summed E-state index contributed by atoms with van der Waals surface area (Å²) < 4.78 is 15.8. The van der Waals surface area contributed by atoms with Gasteiger partial charge in [0.1, 0.15) is 11.2 Å². The lowest BCUT2D eigenvalue weighted by atomic mass is 9.90. The molecular formula is C20H22FN5O3. The summed E-state index contributed by atoms with van der Waals surface area (Å²) in [6.45, 7) is 1.02. The van der Waals surface area contributed by atoms with E-state index < -0.39 is 5.82 Å². The van der Waals surface area contributed by atoms with Gasteiger partial charge in [0.15, 0.2) is 17.2 Å². The zero-order valence-electron chi connectivity index (χ0n) is 16.1. The molecule has 2 aromatic heterocycles. The van der Waals surface area contributed by atoms with Crippen LogP contribution in [0, 0.1) is 5.82 Å². The molecule has 0 radical (unpaired) electrons. The minimum Gasteiger partial charge on any atom is -0.505 e. The summed E-state index contributed by atoms with van der Waals surface area (Å²) in [6, 6.07) is 4.59. The van der Waals surface area contributed by atoms with Crippen molar-refractivity contribution >= 4 is 16.9 Å². The number of carbonyl (C=O) groups excluding carboxylic acids is 1. The van der Waals surface area contributed by atoms with Crippen molar-refractivity contribution in [3.63, 3.8) is 0 Å². The summed E-state index contributed by atoms with van der Waals surface area (Å²) in [4.78, 5) is 33.6. The molecule has 1 aliphatic rings. The number of aromatic nitrogens is 4. The second-order valence-electron chi connectivity index (χ2n) is 7.38. The van der Waals surface area contributed by atoms with E-state index >= 15 is 0 Å². The Bertz CT molecular complexity index is 1120. The first kappa shape index (κ1) is 19.1. The number of aromatic amines is 1. The van der Waals surface area contributed by atoms with Gasteiger partial charge in [-0.25, -0.2) is 9.37 Å². The molecule has 3 heterocycles. The lowest BCUT2D eigenvalue weighted by molar-refractivity contribution is -0.132. The smallest absolute Gasteiger partial charge is 0.262 e. The second-order valence-corrected chi connectivity index (χ2v) is 7.38. The quantitative estimate of drug-likeness (QED) is 0.697. The van der Waals surface area contributed by atoms with E-state index in [1.807, 2.05) is 0 Å². The first-order chi connectivity index (χ1) is 13.9. The van der Waals surface area contributed by atoms with Crippen molar-refractivity contribution in [1.29, 1.82) is 0 Å². The summed E-state index contributed by atoms with van der Waals surface area (Å²) in [5, 5.41) is 14.1. The van der Waals surface area contributed by atoms with Crippen LogP contribution in [0.3, 0.4) is 0 Å². The van der Waals surface area contributed by atoms with Crippen LogP contribution in [0.25, 0.3) is 11.0 Å². The van der Waals surface area contributed by atoms with Gasteiger partial charge in [-0.05, 0) is 24.5 Å². The van der Waals surface area contributed by atoms with Crippen LogP contribution in [0.5, 0.6) is 5.75 Å². The molecule has 2 N–H and O–H groups in total. The third-order valence-electron chi connectivity index (χ3n) is 5.45. The number of aromatic hydroxyl groups is 1. The zero-order valence-corrected chi connectivity index (χ0v) is 16.1. The average Bonchev–Trinajstić information content (AvgIpc) is 3.10. The summed E-state index contributed by atoms with van der Waals surface area (Å²) in [5.74, 6) is -0.761. The molecule has 1 atom stereocenters. The summed E-state index contributed by atoms with van der Waals surface area (Å²) >= 11 is 0. The Morgan fingerprint density at radius 1 is 1.41 bits per heavy atom. The number of hydrogen-bond donors (Lipinski definition) is 2. The topological polar surface area (TPSA) is 104 Å². The maximum atomic E-state index is 14.3. The molecule has 1 unspecified atom stereocenters. The van der Waals surface area contributed by atoms with E-state index in [4.69, 9.17) is 0 Å². The van der Waals surface area contributed by atoms with Gasteiger partial charge in [-0.2, -0.15) is 5.10 Å². The van der Waals surface area contributed by atoms with Gasteiger partial charge in [-0.15, -0.1) is 0 Å². The Balaban J connectivity index is 1.44. The fraction of sp³-hybridized carbons (Fsp3) is 0.400. The number of nitrogens with zero attached hydrogens (tertiary/aromatic N) is 4. The van der Waals surface area contributed by atoms with E-state index in [1.165, 1.54) is 16.9 Å². The normalized spacial score (nSPS) is 17.0. The van der Waals surface area contributed by atoms with Crippen molar-refractivity contribution in [2.24, 2.45) is 7.05 Å². The molecule has 1 aliphatic heterocycles. The van der Waals surface area contributed by atoms with E-state index in [9.17, 15) is 19.1 Å². The largest absolute Gasteiger partial charge is 0.505 e. The van der Waals surface area contributed by atoms with Crippen molar-refractivity contribution in [2.45, 2.75) is 31.6 Å². The van der Waals surface area contributed by atoms with Gasteiger partial charge in [0, 0.05) is 38.9 Å².